The van der Waals surface area contributed by atoms with Gasteiger partial charge in [-0.25, -0.2) is 0 Å². The summed E-state index contributed by atoms with van der Waals surface area (Å²) in [6, 6.07) is 0. The molecule has 0 spiro atoms. The van der Waals surface area contributed by atoms with Crippen molar-refractivity contribution in [1.82, 2.24) is 21.3 Å². The summed E-state index contributed by atoms with van der Waals surface area (Å²) in [4.78, 5) is 10.1. The maximum atomic E-state index is 5.04. The molecule has 0 unspecified atom stereocenters. The average molecular weight is 174 g/mol. The van der Waals surface area contributed by atoms with Gasteiger partial charge in [0.15, 0.2) is 12.7 Å². The van der Waals surface area contributed by atoms with E-state index in [0.717, 1.165) is 26.2 Å². The zero-order valence-corrected chi connectivity index (χ0v) is 6.80. The Balaban J connectivity index is 1.60. The average Bonchev–Trinajstić information content (AvgIpc) is 2.74. The van der Waals surface area contributed by atoms with Crippen LogP contribution >= 0.6 is 0 Å². The first-order chi connectivity index (χ1) is 5.95. The fourth-order valence-corrected chi connectivity index (χ4v) is 1.20. The van der Waals surface area contributed by atoms with Crippen LogP contribution in [0.5, 0.6) is 0 Å². The minimum atomic E-state index is -0.172. The lowest BCUT2D eigenvalue weighted by atomic mass is 10.7. The second-order valence-corrected chi connectivity index (χ2v) is 2.77. The van der Waals surface area contributed by atoms with E-state index in [-0.39, 0.29) is 12.7 Å². The molecule has 2 aliphatic rings. The molecule has 0 aromatic heterocycles. The molecule has 0 amide bonds. The fourth-order valence-electron chi connectivity index (χ4n) is 1.20. The number of nitrogens with one attached hydrogen (secondary N) is 4. The lowest BCUT2D eigenvalue weighted by molar-refractivity contribution is -0.364. The number of hydrogen-bond acceptors (Lipinski definition) is 6. The summed E-state index contributed by atoms with van der Waals surface area (Å²) in [5.74, 6) is 0. The smallest absolute Gasteiger partial charge is 0.197 e. The van der Waals surface area contributed by atoms with Gasteiger partial charge in [-0.3, -0.25) is 21.3 Å². The highest BCUT2D eigenvalue weighted by Crippen LogP contribution is 1.94. The molecule has 2 aliphatic heterocycles. The minimum absolute atomic E-state index is 0.172. The Morgan fingerprint density at radius 1 is 0.667 bits per heavy atom. The van der Waals surface area contributed by atoms with Crippen LogP contribution in [0.25, 0.3) is 0 Å². The van der Waals surface area contributed by atoms with Gasteiger partial charge >= 0.3 is 0 Å². The van der Waals surface area contributed by atoms with Crippen molar-refractivity contribution in [2.45, 2.75) is 12.7 Å². The Hall–Kier alpha value is -0.240. The molecule has 2 heterocycles. The van der Waals surface area contributed by atoms with E-state index in [1.807, 2.05) is 0 Å². The molecule has 0 radical (unpaired) electrons. The van der Waals surface area contributed by atoms with Gasteiger partial charge in [0.2, 0.25) is 0 Å². The molecule has 6 heteroatoms. The van der Waals surface area contributed by atoms with E-state index in [0.29, 0.717) is 0 Å². The maximum Gasteiger partial charge on any atom is 0.197 e. The van der Waals surface area contributed by atoms with Crippen LogP contribution in [0.15, 0.2) is 0 Å². The SMILES string of the molecule is C1CNC(OOC2NCCN2)N1. The lowest BCUT2D eigenvalue weighted by Crippen LogP contribution is -2.40. The van der Waals surface area contributed by atoms with Crippen molar-refractivity contribution in [3.05, 3.63) is 0 Å². The first-order valence-electron chi connectivity index (χ1n) is 4.21. The van der Waals surface area contributed by atoms with Gasteiger partial charge in [-0.1, -0.05) is 0 Å². The molecule has 0 aliphatic carbocycles. The summed E-state index contributed by atoms with van der Waals surface area (Å²) >= 11 is 0. The van der Waals surface area contributed by atoms with Crippen molar-refractivity contribution in [3.8, 4) is 0 Å². The molecule has 0 aromatic carbocycles. The molecule has 12 heavy (non-hydrogen) atoms. The zero-order chi connectivity index (χ0) is 8.23. The Morgan fingerprint density at radius 3 is 1.33 bits per heavy atom. The van der Waals surface area contributed by atoms with Crippen molar-refractivity contribution in [2.75, 3.05) is 26.2 Å². The Bertz CT molecular complexity index is 118. The van der Waals surface area contributed by atoms with Crippen LogP contribution in [0.3, 0.4) is 0 Å². The highest BCUT2D eigenvalue weighted by molar-refractivity contribution is 4.64. The van der Waals surface area contributed by atoms with Crippen LogP contribution in [-0.4, -0.2) is 38.9 Å². The van der Waals surface area contributed by atoms with Crippen molar-refractivity contribution < 1.29 is 9.78 Å². The molecule has 2 fully saturated rings. The third kappa shape index (κ3) is 2.13. The summed E-state index contributed by atoms with van der Waals surface area (Å²) in [6.45, 7) is 3.66. The molecular formula is C6H14N4O2. The predicted octanol–water partition coefficient (Wildman–Crippen LogP) is -2.11. The highest BCUT2D eigenvalue weighted by atomic mass is 17.2. The maximum absolute atomic E-state index is 5.04. The van der Waals surface area contributed by atoms with Gasteiger partial charge in [0.1, 0.15) is 0 Å². The molecule has 4 N–H and O–H groups in total. The van der Waals surface area contributed by atoms with E-state index in [1.165, 1.54) is 0 Å². The van der Waals surface area contributed by atoms with Crippen LogP contribution in [0.4, 0.5) is 0 Å². The molecule has 70 valence electrons. The third-order valence-corrected chi connectivity index (χ3v) is 1.82. The monoisotopic (exact) mass is 174 g/mol. The largest absolute Gasteiger partial charge is 0.276 e. The zero-order valence-electron chi connectivity index (χ0n) is 6.80. The van der Waals surface area contributed by atoms with Gasteiger partial charge in [0, 0.05) is 26.2 Å². The normalized spacial score (nSPS) is 27.0. The molecule has 0 aromatic rings. The third-order valence-electron chi connectivity index (χ3n) is 1.82. The molecule has 2 saturated heterocycles. The van der Waals surface area contributed by atoms with Crippen LogP contribution in [0.2, 0.25) is 0 Å². The van der Waals surface area contributed by atoms with Gasteiger partial charge in [-0.15, -0.1) is 0 Å². The Morgan fingerprint density at radius 2 is 1.00 bits per heavy atom. The van der Waals surface area contributed by atoms with E-state index >= 15 is 0 Å². The summed E-state index contributed by atoms with van der Waals surface area (Å²) in [5.41, 5.74) is 0. The highest BCUT2D eigenvalue weighted by Gasteiger charge is 2.19. The van der Waals surface area contributed by atoms with Crippen LogP contribution in [0, 0.1) is 0 Å². The second-order valence-electron chi connectivity index (χ2n) is 2.77. The van der Waals surface area contributed by atoms with Crippen LogP contribution < -0.4 is 21.3 Å². The number of rotatable bonds is 3. The van der Waals surface area contributed by atoms with E-state index in [9.17, 15) is 0 Å². The van der Waals surface area contributed by atoms with E-state index in [4.69, 9.17) is 9.78 Å². The minimum Gasteiger partial charge on any atom is -0.276 e. The summed E-state index contributed by atoms with van der Waals surface area (Å²) in [6.07, 6.45) is -0.344. The molecule has 2 rings (SSSR count). The Labute approximate surface area is 70.9 Å². The number of hydrogen-bond donors (Lipinski definition) is 4. The molecular weight excluding hydrogens is 160 g/mol. The topological polar surface area (TPSA) is 66.6 Å². The van der Waals surface area contributed by atoms with Crippen molar-refractivity contribution in [2.24, 2.45) is 0 Å². The standard InChI is InChI=1S/C6H14N4O2/c1-2-8-5(7-1)11-12-6-9-3-4-10-6/h5-10H,1-4H2. The first-order valence-corrected chi connectivity index (χ1v) is 4.21. The molecule has 0 atom stereocenters. The summed E-state index contributed by atoms with van der Waals surface area (Å²) < 4.78 is 0. The van der Waals surface area contributed by atoms with E-state index < -0.39 is 0 Å². The van der Waals surface area contributed by atoms with Crippen molar-refractivity contribution in [1.29, 1.82) is 0 Å². The van der Waals surface area contributed by atoms with Gasteiger partial charge in [-0.05, 0) is 0 Å². The van der Waals surface area contributed by atoms with Gasteiger partial charge in [-0.2, -0.15) is 9.78 Å². The van der Waals surface area contributed by atoms with Gasteiger partial charge in [0.05, 0.1) is 0 Å². The summed E-state index contributed by atoms with van der Waals surface area (Å²) in [7, 11) is 0. The molecule has 0 bridgehead atoms. The van der Waals surface area contributed by atoms with E-state index in [1.54, 1.807) is 0 Å². The quantitative estimate of drug-likeness (QED) is 0.290. The van der Waals surface area contributed by atoms with E-state index in [2.05, 4.69) is 21.3 Å². The van der Waals surface area contributed by atoms with Crippen molar-refractivity contribution in [3.63, 3.8) is 0 Å². The Kier molecular flexibility index (Phi) is 2.88. The van der Waals surface area contributed by atoms with Gasteiger partial charge in [0.25, 0.3) is 0 Å². The summed E-state index contributed by atoms with van der Waals surface area (Å²) in [5, 5.41) is 12.3. The van der Waals surface area contributed by atoms with Crippen LogP contribution in [-0.2, 0) is 9.78 Å². The molecule has 0 saturated carbocycles. The fraction of sp³-hybridized carbons (Fsp3) is 1.00. The first kappa shape index (κ1) is 8.36. The molecule has 6 nitrogen and oxygen atoms in total. The van der Waals surface area contributed by atoms with Crippen molar-refractivity contribution >= 4 is 0 Å². The van der Waals surface area contributed by atoms with Gasteiger partial charge < -0.3 is 0 Å². The predicted molar refractivity (Wildman–Crippen MR) is 41.8 cm³/mol. The lowest BCUT2D eigenvalue weighted by Gasteiger charge is -2.14. The van der Waals surface area contributed by atoms with Crippen LogP contribution in [0.1, 0.15) is 0 Å². The second kappa shape index (κ2) is 4.13.